The molecular formula is C32H41N3O3. The van der Waals surface area contributed by atoms with E-state index in [1.807, 2.05) is 0 Å². The first kappa shape index (κ1) is 25.4. The molecule has 0 spiro atoms. The van der Waals surface area contributed by atoms with Crippen molar-refractivity contribution < 1.29 is 14.3 Å². The predicted octanol–water partition coefficient (Wildman–Crippen LogP) is 5.43. The van der Waals surface area contributed by atoms with Crippen molar-refractivity contribution in [3.05, 3.63) is 77.2 Å². The van der Waals surface area contributed by atoms with Crippen molar-refractivity contribution in [2.75, 3.05) is 44.4 Å². The topological polar surface area (TPSA) is 45.3 Å². The molecule has 6 rings (SSSR count). The lowest BCUT2D eigenvalue weighted by Gasteiger charge is -2.44. The monoisotopic (exact) mass is 515 g/mol. The maximum Gasteiger partial charge on any atom is 0.230 e. The lowest BCUT2D eigenvalue weighted by atomic mass is 9.86. The van der Waals surface area contributed by atoms with E-state index in [0.29, 0.717) is 12.7 Å². The molecular weight excluding hydrogens is 474 g/mol. The third kappa shape index (κ3) is 5.34. The first-order valence-electron chi connectivity index (χ1n) is 14.6. The zero-order valence-corrected chi connectivity index (χ0v) is 22.7. The Morgan fingerprint density at radius 3 is 2.45 bits per heavy atom. The van der Waals surface area contributed by atoms with Crippen LogP contribution in [0.4, 0.5) is 5.69 Å². The first-order valence-corrected chi connectivity index (χ1v) is 14.6. The lowest BCUT2D eigenvalue weighted by molar-refractivity contribution is -0.124. The number of fused-ring (bicyclic) bond motifs is 1. The highest BCUT2D eigenvalue weighted by molar-refractivity contribution is 5.97. The van der Waals surface area contributed by atoms with E-state index in [0.717, 1.165) is 69.9 Å². The molecule has 3 heterocycles. The number of para-hydroxylation sites is 1. The van der Waals surface area contributed by atoms with E-state index in [1.165, 1.54) is 36.0 Å². The van der Waals surface area contributed by atoms with Crippen LogP contribution < -0.4 is 4.90 Å². The Labute approximate surface area is 227 Å². The van der Waals surface area contributed by atoms with Crippen molar-refractivity contribution in [2.24, 2.45) is 5.92 Å². The fourth-order valence-corrected chi connectivity index (χ4v) is 6.82. The average Bonchev–Trinajstić information content (AvgIpc) is 3.50. The van der Waals surface area contributed by atoms with E-state index in [9.17, 15) is 4.79 Å². The molecule has 0 radical (unpaired) electrons. The second kappa shape index (κ2) is 11.5. The van der Waals surface area contributed by atoms with E-state index in [2.05, 4.69) is 70.2 Å². The standard InChI is InChI=1S/C32H41N3O3/c1-24-11-13-26(14-12-24)31(30-22-37-23-38-30)34-19-17-33(18-20-34)21-28-16-15-25-7-5-6-10-29(25)35(28)32(36)27-8-3-2-4-9-27/h5-7,10-14,22,27-28,31H,2-4,8-9,15-21,23H2,1H3. The van der Waals surface area contributed by atoms with Crippen molar-refractivity contribution in [1.82, 2.24) is 9.80 Å². The van der Waals surface area contributed by atoms with Gasteiger partial charge in [0, 0.05) is 50.4 Å². The van der Waals surface area contributed by atoms with E-state index in [1.54, 1.807) is 6.26 Å². The van der Waals surface area contributed by atoms with Gasteiger partial charge in [-0.15, -0.1) is 0 Å². The zero-order valence-electron chi connectivity index (χ0n) is 22.7. The van der Waals surface area contributed by atoms with Crippen LogP contribution in [0.25, 0.3) is 0 Å². The Balaban J connectivity index is 1.15. The Hall–Kier alpha value is -2.83. The van der Waals surface area contributed by atoms with Crippen LogP contribution in [0.3, 0.4) is 0 Å². The SMILES string of the molecule is Cc1ccc(C(C2=COCO2)N2CCN(CC3CCc4ccccc4N3C(=O)C3CCCCC3)CC2)cc1. The summed E-state index contributed by atoms with van der Waals surface area (Å²) in [7, 11) is 0. The Kier molecular flexibility index (Phi) is 7.70. The molecule has 2 unspecified atom stereocenters. The van der Waals surface area contributed by atoms with Crippen molar-refractivity contribution in [2.45, 2.75) is 64.0 Å². The molecule has 0 bridgehead atoms. The van der Waals surface area contributed by atoms with Gasteiger partial charge in [-0.3, -0.25) is 14.6 Å². The normalized spacial score (nSPS) is 23.8. The highest BCUT2D eigenvalue weighted by Gasteiger charge is 2.37. The smallest absolute Gasteiger partial charge is 0.230 e. The van der Waals surface area contributed by atoms with Gasteiger partial charge in [0.05, 0.1) is 6.04 Å². The van der Waals surface area contributed by atoms with E-state index in [-0.39, 0.29) is 18.0 Å². The maximum atomic E-state index is 13.9. The molecule has 38 heavy (non-hydrogen) atoms. The number of hydrogen-bond donors (Lipinski definition) is 0. The summed E-state index contributed by atoms with van der Waals surface area (Å²) < 4.78 is 11.3. The summed E-state index contributed by atoms with van der Waals surface area (Å²) in [5, 5.41) is 0. The highest BCUT2D eigenvalue weighted by Crippen LogP contribution is 2.36. The summed E-state index contributed by atoms with van der Waals surface area (Å²) in [6.45, 7) is 7.25. The number of aryl methyl sites for hydroxylation is 2. The third-order valence-electron chi connectivity index (χ3n) is 8.95. The number of anilines is 1. The van der Waals surface area contributed by atoms with Gasteiger partial charge in [0.15, 0.2) is 5.76 Å². The van der Waals surface area contributed by atoms with Crippen LogP contribution in [-0.2, 0) is 20.7 Å². The number of hydrogen-bond acceptors (Lipinski definition) is 5. The number of rotatable bonds is 6. The summed E-state index contributed by atoms with van der Waals surface area (Å²) in [5.41, 5.74) is 4.98. The molecule has 0 aromatic heterocycles. The summed E-state index contributed by atoms with van der Waals surface area (Å²) in [5.74, 6) is 1.45. The van der Waals surface area contributed by atoms with Crippen molar-refractivity contribution in [3.8, 4) is 0 Å². The molecule has 2 fully saturated rings. The molecule has 2 aromatic rings. The number of nitrogens with zero attached hydrogens (tertiary/aromatic N) is 3. The van der Waals surface area contributed by atoms with Crippen LogP contribution in [0.1, 0.15) is 61.3 Å². The fourth-order valence-electron chi connectivity index (χ4n) is 6.82. The van der Waals surface area contributed by atoms with Gasteiger partial charge in [-0.25, -0.2) is 0 Å². The Morgan fingerprint density at radius 2 is 1.71 bits per heavy atom. The van der Waals surface area contributed by atoms with Gasteiger partial charge in [0.25, 0.3) is 0 Å². The summed E-state index contributed by atoms with van der Waals surface area (Å²) in [4.78, 5) is 21.2. The lowest BCUT2D eigenvalue weighted by Crippen LogP contribution is -2.55. The molecule has 202 valence electrons. The molecule has 3 aliphatic heterocycles. The highest BCUT2D eigenvalue weighted by atomic mass is 16.7. The fraction of sp³-hybridized carbons (Fsp3) is 0.531. The number of amides is 1. The van der Waals surface area contributed by atoms with Crippen LogP contribution in [0.5, 0.6) is 0 Å². The molecule has 1 aliphatic carbocycles. The van der Waals surface area contributed by atoms with Gasteiger partial charge in [-0.2, -0.15) is 0 Å². The summed E-state index contributed by atoms with van der Waals surface area (Å²) in [6, 6.07) is 17.7. The maximum absolute atomic E-state index is 13.9. The van der Waals surface area contributed by atoms with Gasteiger partial charge in [-0.1, -0.05) is 67.3 Å². The molecule has 4 aliphatic rings. The van der Waals surface area contributed by atoms with E-state index < -0.39 is 0 Å². The molecule has 0 N–H and O–H groups in total. The largest absolute Gasteiger partial charge is 0.462 e. The molecule has 1 saturated heterocycles. The molecule has 1 saturated carbocycles. The van der Waals surface area contributed by atoms with Crippen LogP contribution in [0.15, 0.2) is 60.6 Å². The van der Waals surface area contributed by atoms with Gasteiger partial charge >= 0.3 is 0 Å². The number of carbonyl (C=O) groups is 1. The third-order valence-corrected chi connectivity index (χ3v) is 8.95. The predicted molar refractivity (Wildman–Crippen MR) is 150 cm³/mol. The van der Waals surface area contributed by atoms with Crippen molar-refractivity contribution in [3.63, 3.8) is 0 Å². The van der Waals surface area contributed by atoms with E-state index >= 15 is 0 Å². The molecule has 6 heteroatoms. The second-order valence-corrected chi connectivity index (χ2v) is 11.5. The van der Waals surface area contributed by atoms with Crippen LogP contribution in [-0.4, -0.2) is 61.3 Å². The van der Waals surface area contributed by atoms with Crippen LogP contribution in [0.2, 0.25) is 0 Å². The number of piperazine rings is 1. The Bertz CT molecular complexity index is 1130. The van der Waals surface area contributed by atoms with Crippen molar-refractivity contribution >= 4 is 11.6 Å². The van der Waals surface area contributed by atoms with Gasteiger partial charge < -0.3 is 14.4 Å². The van der Waals surface area contributed by atoms with Gasteiger partial charge in [0.2, 0.25) is 12.7 Å². The number of benzene rings is 2. The molecule has 6 nitrogen and oxygen atoms in total. The summed E-state index contributed by atoms with van der Waals surface area (Å²) in [6.07, 6.45) is 9.61. The minimum Gasteiger partial charge on any atom is -0.462 e. The van der Waals surface area contributed by atoms with Crippen LogP contribution >= 0.6 is 0 Å². The van der Waals surface area contributed by atoms with Crippen molar-refractivity contribution in [1.29, 1.82) is 0 Å². The van der Waals surface area contributed by atoms with Crippen LogP contribution in [0, 0.1) is 12.8 Å². The second-order valence-electron chi connectivity index (χ2n) is 11.5. The number of carbonyl (C=O) groups excluding carboxylic acids is 1. The Morgan fingerprint density at radius 1 is 0.947 bits per heavy atom. The number of ether oxygens (including phenoxy) is 2. The quantitative estimate of drug-likeness (QED) is 0.514. The van der Waals surface area contributed by atoms with Gasteiger partial charge in [0.1, 0.15) is 6.26 Å². The van der Waals surface area contributed by atoms with Gasteiger partial charge in [-0.05, 0) is 49.8 Å². The molecule has 2 aromatic carbocycles. The zero-order chi connectivity index (χ0) is 25.9. The van der Waals surface area contributed by atoms with E-state index in [4.69, 9.17) is 9.47 Å². The minimum absolute atomic E-state index is 0.0752. The average molecular weight is 516 g/mol. The minimum atomic E-state index is 0.0752. The molecule has 1 amide bonds. The first-order chi connectivity index (χ1) is 18.7. The summed E-state index contributed by atoms with van der Waals surface area (Å²) >= 11 is 0. The molecule has 2 atom stereocenters.